The number of amides is 1. The van der Waals surface area contributed by atoms with Gasteiger partial charge < -0.3 is 10.1 Å². The van der Waals surface area contributed by atoms with Gasteiger partial charge in [0.1, 0.15) is 12.0 Å². The molecule has 1 aromatic carbocycles. The number of rotatable bonds is 5. The number of anilines is 1. The quantitative estimate of drug-likeness (QED) is 0.628. The molecule has 24 heavy (non-hydrogen) atoms. The van der Waals surface area contributed by atoms with Gasteiger partial charge in [-0.1, -0.05) is 39.3 Å². The number of hydrogen-bond donors (Lipinski definition) is 1. The molecule has 0 unspecified atom stereocenters. The lowest BCUT2D eigenvalue weighted by Crippen LogP contribution is -2.36. The third-order valence-corrected chi connectivity index (χ3v) is 5.00. The minimum absolute atomic E-state index is 0.0713. The van der Waals surface area contributed by atoms with E-state index in [0.29, 0.717) is 29.0 Å². The van der Waals surface area contributed by atoms with E-state index in [1.54, 1.807) is 24.3 Å². The fourth-order valence-corrected chi connectivity index (χ4v) is 3.47. The van der Waals surface area contributed by atoms with Crippen LogP contribution in [-0.2, 0) is 9.53 Å². The van der Waals surface area contributed by atoms with Crippen molar-refractivity contribution >= 4 is 29.2 Å². The van der Waals surface area contributed by atoms with Crippen LogP contribution in [0, 0.1) is 17.8 Å². The molecule has 0 saturated heterocycles. The molecule has 1 fully saturated rings. The van der Waals surface area contributed by atoms with E-state index in [2.05, 4.69) is 26.1 Å². The maximum absolute atomic E-state index is 12.7. The second-order valence-electron chi connectivity index (χ2n) is 7.00. The van der Waals surface area contributed by atoms with E-state index in [4.69, 9.17) is 16.3 Å². The van der Waals surface area contributed by atoms with Crippen LogP contribution in [0.5, 0.6) is 0 Å². The highest BCUT2D eigenvalue weighted by molar-refractivity contribution is 6.29. The summed E-state index contributed by atoms with van der Waals surface area (Å²) in [6.07, 6.45) is 3.09. The van der Waals surface area contributed by atoms with Crippen molar-refractivity contribution in [1.29, 1.82) is 0 Å². The Morgan fingerprint density at radius 1 is 1.29 bits per heavy atom. The smallest absolute Gasteiger partial charge is 0.340 e. The van der Waals surface area contributed by atoms with Crippen LogP contribution in [0.3, 0.4) is 0 Å². The highest BCUT2D eigenvalue weighted by Crippen LogP contribution is 2.36. The number of esters is 1. The molecule has 1 aliphatic rings. The second-order valence-corrected chi connectivity index (χ2v) is 7.26. The SMILES string of the molecule is CC(C)[C@H]1CC[C@@H](C)C[C@H]1OC(=O)c1ccccc1NC(=O)CCl. The summed E-state index contributed by atoms with van der Waals surface area (Å²) in [5, 5.41) is 2.65. The monoisotopic (exact) mass is 351 g/mol. The molecular weight excluding hydrogens is 326 g/mol. The van der Waals surface area contributed by atoms with Crippen LogP contribution in [0.15, 0.2) is 24.3 Å². The van der Waals surface area contributed by atoms with Gasteiger partial charge in [0.25, 0.3) is 0 Å². The Morgan fingerprint density at radius 2 is 2.00 bits per heavy atom. The summed E-state index contributed by atoms with van der Waals surface area (Å²) >= 11 is 5.53. The van der Waals surface area contributed by atoms with Gasteiger partial charge in [-0.2, -0.15) is 0 Å². The molecule has 0 bridgehead atoms. The molecule has 132 valence electrons. The van der Waals surface area contributed by atoms with E-state index in [1.165, 1.54) is 6.42 Å². The average Bonchev–Trinajstić information content (AvgIpc) is 2.54. The summed E-state index contributed by atoms with van der Waals surface area (Å²) < 4.78 is 5.85. The number of hydrogen-bond acceptors (Lipinski definition) is 3. The molecule has 4 nitrogen and oxygen atoms in total. The van der Waals surface area contributed by atoms with Crippen molar-refractivity contribution < 1.29 is 14.3 Å². The molecule has 0 heterocycles. The highest BCUT2D eigenvalue weighted by atomic mass is 35.5. The maximum Gasteiger partial charge on any atom is 0.340 e. The summed E-state index contributed by atoms with van der Waals surface area (Å²) in [6.45, 7) is 6.55. The Bertz CT molecular complexity index is 588. The molecule has 1 N–H and O–H groups in total. The van der Waals surface area contributed by atoms with Gasteiger partial charge in [0.05, 0.1) is 11.3 Å². The van der Waals surface area contributed by atoms with Crippen molar-refractivity contribution in [2.45, 2.75) is 46.1 Å². The normalized spacial score (nSPS) is 23.8. The Balaban J connectivity index is 2.15. The zero-order valence-electron chi connectivity index (χ0n) is 14.5. The van der Waals surface area contributed by atoms with E-state index >= 15 is 0 Å². The van der Waals surface area contributed by atoms with Gasteiger partial charge in [-0.25, -0.2) is 4.79 Å². The zero-order valence-corrected chi connectivity index (χ0v) is 15.3. The summed E-state index contributed by atoms with van der Waals surface area (Å²) in [5.74, 6) is 0.535. The number of para-hydroxylation sites is 1. The van der Waals surface area contributed by atoms with Crippen molar-refractivity contribution in [3.8, 4) is 0 Å². The first-order valence-corrected chi connectivity index (χ1v) is 9.11. The molecule has 3 atom stereocenters. The first kappa shape index (κ1) is 18.8. The summed E-state index contributed by atoms with van der Waals surface area (Å²) in [6, 6.07) is 6.88. The van der Waals surface area contributed by atoms with Crippen LogP contribution in [0.1, 0.15) is 50.4 Å². The van der Waals surface area contributed by atoms with Crippen LogP contribution in [0.25, 0.3) is 0 Å². The molecule has 1 amide bonds. The van der Waals surface area contributed by atoms with Gasteiger partial charge in [-0.3, -0.25) is 4.79 Å². The largest absolute Gasteiger partial charge is 0.458 e. The predicted molar refractivity (Wildman–Crippen MR) is 96.3 cm³/mol. The Labute approximate surface area is 148 Å². The number of carbonyl (C=O) groups excluding carboxylic acids is 2. The van der Waals surface area contributed by atoms with Crippen molar-refractivity contribution in [3.05, 3.63) is 29.8 Å². The molecule has 1 saturated carbocycles. The first-order chi connectivity index (χ1) is 11.4. The maximum atomic E-state index is 12.7. The molecule has 0 radical (unpaired) electrons. The first-order valence-electron chi connectivity index (χ1n) is 8.58. The van der Waals surface area contributed by atoms with Crippen LogP contribution in [-0.4, -0.2) is 23.9 Å². The molecule has 2 rings (SSSR count). The average molecular weight is 352 g/mol. The van der Waals surface area contributed by atoms with Gasteiger partial charge in [-0.15, -0.1) is 11.6 Å². The van der Waals surface area contributed by atoms with E-state index < -0.39 is 0 Å². The number of carbonyl (C=O) groups is 2. The molecule has 0 aliphatic heterocycles. The van der Waals surface area contributed by atoms with E-state index in [0.717, 1.165) is 12.8 Å². The lowest BCUT2D eigenvalue weighted by Gasteiger charge is -2.36. The van der Waals surface area contributed by atoms with Crippen molar-refractivity contribution in [1.82, 2.24) is 0 Å². The molecular formula is C19H26ClNO3. The minimum Gasteiger partial charge on any atom is -0.458 e. The lowest BCUT2D eigenvalue weighted by atomic mass is 9.75. The lowest BCUT2D eigenvalue weighted by molar-refractivity contribution is -0.113. The number of halogens is 1. The van der Waals surface area contributed by atoms with E-state index in [9.17, 15) is 9.59 Å². The van der Waals surface area contributed by atoms with Gasteiger partial charge in [0, 0.05) is 0 Å². The Kier molecular flexibility index (Phi) is 6.67. The Hall–Kier alpha value is -1.55. The highest BCUT2D eigenvalue weighted by Gasteiger charge is 2.34. The summed E-state index contributed by atoms with van der Waals surface area (Å²) in [4.78, 5) is 24.2. The van der Waals surface area contributed by atoms with Crippen LogP contribution < -0.4 is 5.32 Å². The van der Waals surface area contributed by atoms with Crippen LogP contribution in [0.2, 0.25) is 0 Å². The molecule has 1 aromatic rings. The summed E-state index contributed by atoms with van der Waals surface area (Å²) in [7, 11) is 0. The fraction of sp³-hybridized carbons (Fsp3) is 0.579. The predicted octanol–water partition coefficient (Wildman–Crippen LogP) is 4.48. The standard InChI is InChI=1S/C19H26ClNO3/c1-12(2)14-9-8-13(3)10-17(14)24-19(23)15-6-4-5-7-16(15)21-18(22)11-20/h4-7,12-14,17H,8-11H2,1-3H3,(H,21,22)/t13-,14-,17-/m1/s1. The molecule has 5 heteroatoms. The van der Waals surface area contributed by atoms with Gasteiger partial charge in [0.2, 0.25) is 5.91 Å². The van der Waals surface area contributed by atoms with Gasteiger partial charge >= 0.3 is 5.97 Å². The number of benzene rings is 1. The van der Waals surface area contributed by atoms with Gasteiger partial charge in [0.15, 0.2) is 0 Å². The fourth-order valence-electron chi connectivity index (χ4n) is 3.40. The van der Waals surface area contributed by atoms with Crippen LogP contribution >= 0.6 is 11.6 Å². The summed E-state index contributed by atoms with van der Waals surface area (Å²) in [5.41, 5.74) is 0.815. The van der Waals surface area contributed by atoms with E-state index in [-0.39, 0.29) is 23.9 Å². The third kappa shape index (κ3) is 4.73. The second kappa shape index (κ2) is 8.52. The third-order valence-electron chi connectivity index (χ3n) is 4.76. The number of nitrogens with one attached hydrogen (secondary N) is 1. The van der Waals surface area contributed by atoms with Crippen molar-refractivity contribution in [2.75, 3.05) is 11.2 Å². The van der Waals surface area contributed by atoms with Crippen molar-refractivity contribution in [2.24, 2.45) is 17.8 Å². The van der Waals surface area contributed by atoms with Crippen molar-refractivity contribution in [3.63, 3.8) is 0 Å². The molecule has 0 aromatic heterocycles. The van der Waals surface area contributed by atoms with E-state index in [1.807, 2.05) is 0 Å². The zero-order chi connectivity index (χ0) is 17.7. The van der Waals surface area contributed by atoms with Crippen LogP contribution in [0.4, 0.5) is 5.69 Å². The molecule has 0 spiro atoms. The van der Waals surface area contributed by atoms with Gasteiger partial charge in [-0.05, 0) is 42.7 Å². The number of alkyl halides is 1. The molecule has 1 aliphatic carbocycles. The topological polar surface area (TPSA) is 55.4 Å². The number of ether oxygens (including phenoxy) is 1. The minimum atomic E-state index is -0.384. The Morgan fingerprint density at radius 3 is 2.67 bits per heavy atom.